The van der Waals surface area contributed by atoms with E-state index in [1.165, 1.54) is 21.9 Å². The summed E-state index contributed by atoms with van der Waals surface area (Å²) in [6.45, 7) is 4.26. The highest BCUT2D eigenvalue weighted by molar-refractivity contribution is 7.99. The smallest absolute Gasteiger partial charge is 0.103 e. The number of rotatable bonds is 2. The van der Waals surface area contributed by atoms with Crippen LogP contribution in [0.15, 0.2) is 70.7 Å². The molecule has 4 aromatic rings. The molecule has 0 amide bonds. The number of hydrogen-bond acceptors (Lipinski definition) is 3. The van der Waals surface area contributed by atoms with E-state index < -0.39 is 0 Å². The fourth-order valence-electron chi connectivity index (χ4n) is 2.85. The molecule has 0 radical (unpaired) electrons. The van der Waals surface area contributed by atoms with Crippen LogP contribution in [-0.2, 0) is 0 Å². The van der Waals surface area contributed by atoms with Gasteiger partial charge in [-0.05, 0) is 49.2 Å². The number of para-hydroxylation sites is 2. The van der Waals surface area contributed by atoms with Gasteiger partial charge in [-0.3, -0.25) is 0 Å². The highest BCUT2D eigenvalue weighted by Gasteiger charge is 2.07. The van der Waals surface area contributed by atoms with Crippen molar-refractivity contribution in [2.75, 3.05) is 0 Å². The Morgan fingerprint density at radius 1 is 0.652 bits per heavy atom. The summed E-state index contributed by atoms with van der Waals surface area (Å²) in [5, 5.41) is 4.39. The normalized spacial score (nSPS) is 11.2. The molecule has 0 atom stereocenters. The van der Waals surface area contributed by atoms with E-state index in [-0.39, 0.29) is 0 Å². The Balaban J connectivity index is 1.78. The molecule has 0 bridgehead atoms. The van der Waals surface area contributed by atoms with Crippen LogP contribution in [-0.4, -0.2) is 9.97 Å². The summed E-state index contributed by atoms with van der Waals surface area (Å²) in [5.74, 6) is 0. The second-order valence-electron chi connectivity index (χ2n) is 5.69. The average molecular weight is 316 g/mol. The largest absolute Gasteiger partial charge is 0.241 e. The van der Waals surface area contributed by atoms with Gasteiger partial charge in [0.15, 0.2) is 0 Å². The Morgan fingerprint density at radius 2 is 1.09 bits per heavy atom. The van der Waals surface area contributed by atoms with Crippen molar-refractivity contribution in [2.45, 2.75) is 23.9 Å². The third-order valence-corrected chi connectivity index (χ3v) is 4.84. The lowest BCUT2D eigenvalue weighted by molar-refractivity contribution is 1.13. The average Bonchev–Trinajstić information content (AvgIpc) is 2.55. The van der Waals surface area contributed by atoms with Gasteiger partial charge in [0.25, 0.3) is 0 Å². The van der Waals surface area contributed by atoms with E-state index >= 15 is 0 Å². The first-order valence-corrected chi connectivity index (χ1v) is 8.43. The molecule has 0 saturated carbocycles. The molecule has 2 aromatic heterocycles. The van der Waals surface area contributed by atoms with Gasteiger partial charge in [-0.15, -0.1) is 0 Å². The minimum atomic E-state index is 0.989. The summed E-state index contributed by atoms with van der Waals surface area (Å²) in [7, 11) is 0. The fourth-order valence-corrected chi connectivity index (χ4v) is 3.82. The molecular weight excluding hydrogens is 300 g/mol. The van der Waals surface area contributed by atoms with Gasteiger partial charge in [-0.1, -0.05) is 48.2 Å². The molecular formula is C20H16N2S. The van der Waals surface area contributed by atoms with Crippen LogP contribution in [0.25, 0.3) is 21.8 Å². The standard InChI is InChI=1S/C20H16N2S/c1-13-11-19(21-17-9-5-3-7-15(13)17)23-20-12-14(2)16-8-4-6-10-18(16)22-20/h3-12H,1-2H3. The minimum Gasteiger partial charge on any atom is -0.241 e. The SMILES string of the molecule is Cc1cc(Sc2cc(C)c3ccccc3n2)nc2ccccc12. The Labute approximate surface area is 139 Å². The number of pyridine rings is 2. The topological polar surface area (TPSA) is 25.8 Å². The van der Waals surface area contributed by atoms with Crippen molar-refractivity contribution in [1.29, 1.82) is 0 Å². The van der Waals surface area contributed by atoms with Crippen molar-refractivity contribution >= 4 is 33.6 Å². The zero-order valence-electron chi connectivity index (χ0n) is 13.1. The van der Waals surface area contributed by atoms with Crippen LogP contribution in [0.1, 0.15) is 11.1 Å². The molecule has 23 heavy (non-hydrogen) atoms. The molecule has 4 rings (SSSR count). The van der Waals surface area contributed by atoms with Crippen molar-refractivity contribution in [1.82, 2.24) is 9.97 Å². The molecule has 2 nitrogen and oxygen atoms in total. The van der Waals surface area contributed by atoms with Gasteiger partial charge in [0.1, 0.15) is 10.1 Å². The molecule has 0 aliphatic heterocycles. The molecule has 0 aliphatic rings. The molecule has 0 aliphatic carbocycles. The highest BCUT2D eigenvalue weighted by Crippen LogP contribution is 2.30. The first-order valence-electron chi connectivity index (χ1n) is 7.61. The summed E-state index contributed by atoms with van der Waals surface area (Å²) in [5.41, 5.74) is 4.56. The maximum absolute atomic E-state index is 4.76. The minimum absolute atomic E-state index is 0.989. The van der Waals surface area contributed by atoms with Crippen molar-refractivity contribution in [3.05, 3.63) is 71.8 Å². The molecule has 0 fully saturated rings. The van der Waals surface area contributed by atoms with Gasteiger partial charge in [-0.2, -0.15) is 0 Å². The van der Waals surface area contributed by atoms with Crippen molar-refractivity contribution in [2.24, 2.45) is 0 Å². The Bertz CT molecular complexity index is 941. The molecule has 2 heterocycles. The Hall–Kier alpha value is -2.39. The van der Waals surface area contributed by atoms with Crippen molar-refractivity contribution in [3.63, 3.8) is 0 Å². The van der Waals surface area contributed by atoms with Gasteiger partial charge >= 0.3 is 0 Å². The summed E-state index contributed by atoms with van der Waals surface area (Å²) >= 11 is 1.62. The van der Waals surface area contributed by atoms with Crippen LogP contribution in [0, 0.1) is 13.8 Å². The monoisotopic (exact) mass is 316 g/mol. The highest BCUT2D eigenvalue weighted by atomic mass is 32.2. The van der Waals surface area contributed by atoms with Crippen LogP contribution >= 0.6 is 11.8 Å². The molecule has 0 spiro atoms. The first-order chi connectivity index (χ1) is 11.2. The van der Waals surface area contributed by atoms with Gasteiger partial charge in [0, 0.05) is 10.8 Å². The van der Waals surface area contributed by atoms with Crippen molar-refractivity contribution in [3.8, 4) is 0 Å². The first kappa shape index (κ1) is 14.2. The maximum atomic E-state index is 4.76. The van der Waals surface area contributed by atoms with Crippen LogP contribution in [0.5, 0.6) is 0 Å². The number of benzene rings is 2. The summed E-state index contributed by atoms with van der Waals surface area (Å²) < 4.78 is 0. The fraction of sp³-hybridized carbons (Fsp3) is 0.100. The summed E-state index contributed by atoms with van der Waals surface area (Å²) in [6, 6.07) is 20.8. The van der Waals surface area contributed by atoms with Gasteiger partial charge in [0.2, 0.25) is 0 Å². The predicted molar refractivity (Wildman–Crippen MR) is 97.1 cm³/mol. The van der Waals surface area contributed by atoms with E-state index in [0.717, 1.165) is 21.1 Å². The van der Waals surface area contributed by atoms with E-state index in [2.05, 4.69) is 62.4 Å². The van der Waals surface area contributed by atoms with Crippen LogP contribution in [0.4, 0.5) is 0 Å². The van der Waals surface area contributed by atoms with Crippen LogP contribution in [0.3, 0.4) is 0 Å². The van der Waals surface area contributed by atoms with E-state index in [4.69, 9.17) is 9.97 Å². The van der Waals surface area contributed by atoms with E-state index in [1.54, 1.807) is 11.8 Å². The quantitative estimate of drug-likeness (QED) is 0.485. The zero-order chi connectivity index (χ0) is 15.8. The van der Waals surface area contributed by atoms with Gasteiger partial charge in [0.05, 0.1) is 11.0 Å². The molecule has 3 heteroatoms. The summed E-state index contributed by atoms with van der Waals surface area (Å²) in [4.78, 5) is 9.53. The second-order valence-corrected chi connectivity index (χ2v) is 6.73. The molecule has 0 unspecified atom stereocenters. The zero-order valence-corrected chi connectivity index (χ0v) is 13.9. The Kier molecular flexibility index (Phi) is 3.50. The van der Waals surface area contributed by atoms with E-state index in [9.17, 15) is 0 Å². The van der Waals surface area contributed by atoms with Crippen LogP contribution < -0.4 is 0 Å². The summed E-state index contributed by atoms with van der Waals surface area (Å²) in [6.07, 6.45) is 0. The van der Waals surface area contributed by atoms with Crippen LogP contribution in [0.2, 0.25) is 0 Å². The van der Waals surface area contributed by atoms with E-state index in [0.29, 0.717) is 0 Å². The number of hydrogen-bond donors (Lipinski definition) is 0. The second kappa shape index (κ2) is 5.67. The number of aryl methyl sites for hydroxylation is 2. The van der Waals surface area contributed by atoms with Crippen molar-refractivity contribution < 1.29 is 0 Å². The van der Waals surface area contributed by atoms with Gasteiger partial charge < -0.3 is 0 Å². The molecule has 2 aromatic carbocycles. The van der Waals surface area contributed by atoms with Gasteiger partial charge in [-0.25, -0.2) is 9.97 Å². The third kappa shape index (κ3) is 2.68. The molecule has 0 N–H and O–H groups in total. The third-order valence-electron chi connectivity index (χ3n) is 4.01. The molecule has 0 saturated heterocycles. The maximum Gasteiger partial charge on any atom is 0.103 e. The lowest BCUT2D eigenvalue weighted by atomic mass is 10.1. The Morgan fingerprint density at radius 3 is 1.57 bits per heavy atom. The lowest BCUT2D eigenvalue weighted by Crippen LogP contribution is -1.90. The molecule has 112 valence electrons. The van der Waals surface area contributed by atoms with E-state index in [1.807, 2.05) is 12.1 Å². The number of aromatic nitrogens is 2. The number of nitrogens with zero attached hydrogens (tertiary/aromatic N) is 2. The lowest BCUT2D eigenvalue weighted by Gasteiger charge is -2.08. The number of fused-ring (bicyclic) bond motifs is 2. The predicted octanol–water partition coefficient (Wildman–Crippen LogP) is 5.55.